The predicted molar refractivity (Wildman–Crippen MR) is 99.1 cm³/mol. The Balaban J connectivity index is 1.79. The molecule has 2 N–H and O–H groups in total. The van der Waals surface area contributed by atoms with E-state index < -0.39 is 24.3 Å². The van der Waals surface area contributed by atoms with Crippen LogP contribution < -0.4 is 10.2 Å². The highest BCUT2D eigenvalue weighted by atomic mass is 35.5. The Labute approximate surface area is 160 Å². The number of carbonyl (C=O) groups is 3. The van der Waals surface area contributed by atoms with Crippen molar-refractivity contribution in [3.05, 3.63) is 52.4 Å². The molecule has 8 heteroatoms. The van der Waals surface area contributed by atoms with Crippen molar-refractivity contribution in [1.29, 1.82) is 0 Å². The van der Waals surface area contributed by atoms with Gasteiger partial charge in [-0.15, -0.1) is 0 Å². The van der Waals surface area contributed by atoms with Crippen LogP contribution in [0.1, 0.15) is 34.5 Å². The molecule has 0 spiro atoms. The van der Waals surface area contributed by atoms with Crippen molar-refractivity contribution in [2.24, 2.45) is 0 Å². The highest BCUT2D eigenvalue weighted by Crippen LogP contribution is 2.28. The number of anilines is 1. The number of para-hydroxylation sites is 1. The molecule has 7 nitrogen and oxygen atoms in total. The van der Waals surface area contributed by atoms with Crippen molar-refractivity contribution < 1.29 is 23.9 Å². The van der Waals surface area contributed by atoms with Gasteiger partial charge in [-0.05, 0) is 31.9 Å². The molecular formula is C19H19ClN2O5. The normalized spacial score (nSPS) is 17.0. The maximum Gasteiger partial charge on any atom is 0.311 e. The Morgan fingerprint density at radius 3 is 2.81 bits per heavy atom. The van der Waals surface area contributed by atoms with Crippen LogP contribution in [0.4, 0.5) is 5.69 Å². The van der Waals surface area contributed by atoms with Gasteiger partial charge in [0, 0.05) is 12.1 Å². The summed E-state index contributed by atoms with van der Waals surface area (Å²) in [5, 5.41) is 12.2. The fourth-order valence-electron chi connectivity index (χ4n) is 3.22. The van der Waals surface area contributed by atoms with Crippen LogP contribution in [0.3, 0.4) is 0 Å². The van der Waals surface area contributed by atoms with Gasteiger partial charge in [0.25, 0.3) is 5.91 Å². The smallest absolute Gasteiger partial charge is 0.311 e. The summed E-state index contributed by atoms with van der Waals surface area (Å²) in [7, 11) is 0. The molecule has 2 aromatic rings. The zero-order chi connectivity index (χ0) is 19.6. The van der Waals surface area contributed by atoms with E-state index in [2.05, 4.69) is 5.32 Å². The van der Waals surface area contributed by atoms with E-state index in [9.17, 15) is 14.4 Å². The third-order valence-electron chi connectivity index (χ3n) is 4.48. The van der Waals surface area contributed by atoms with Crippen LogP contribution in [0.2, 0.25) is 5.02 Å². The highest BCUT2D eigenvalue weighted by Gasteiger charge is 2.33. The van der Waals surface area contributed by atoms with Crippen LogP contribution in [-0.2, 0) is 16.0 Å². The number of nitrogens with zero attached hydrogens (tertiary/aromatic N) is 1. The van der Waals surface area contributed by atoms with Gasteiger partial charge in [0.2, 0.25) is 5.91 Å². The van der Waals surface area contributed by atoms with Gasteiger partial charge in [0.05, 0.1) is 22.5 Å². The molecule has 1 aromatic heterocycles. The number of carboxylic acids is 1. The second kappa shape index (κ2) is 7.84. The third kappa shape index (κ3) is 3.98. The Morgan fingerprint density at radius 1 is 1.37 bits per heavy atom. The SMILES string of the molecule is Cc1coc(CC(=O)O)c1C(=O)NC1CCCN(c2ccccc2Cl)C1=O. The number of hydrogen-bond donors (Lipinski definition) is 2. The summed E-state index contributed by atoms with van der Waals surface area (Å²) in [6.45, 7) is 2.17. The molecule has 2 amide bonds. The van der Waals surface area contributed by atoms with E-state index in [-0.39, 0.29) is 17.2 Å². The number of carbonyl (C=O) groups excluding carboxylic acids is 2. The molecule has 0 bridgehead atoms. The number of amides is 2. The van der Waals surface area contributed by atoms with E-state index >= 15 is 0 Å². The van der Waals surface area contributed by atoms with E-state index in [0.717, 1.165) is 0 Å². The molecule has 1 aliphatic heterocycles. The number of aliphatic carboxylic acids is 1. The van der Waals surface area contributed by atoms with Gasteiger partial charge in [-0.25, -0.2) is 0 Å². The van der Waals surface area contributed by atoms with Gasteiger partial charge in [-0.1, -0.05) is 23.7 Å². The predicted octanol–water partition coefficient (Wildman–Crippen LogP) is 2.79. The van der Waals surface area contributed by atoms with E-state index in [4.69, 9.17) is 21.1 Å². The average Bonchev–Trinajstić information content (AvgIpc) is 2.97. The van der Waals surface area contributed by atoms with Gasteiger partial charge in [-0.2, -0.15) is 0 Å². The molecule has 0 radical (unpaired) electrons. The molecule has 1 fully saturated rings. The topological polar surface area (TPSA) is 99.8 Å². The lowest BCUT2D eigenvalue weighted by atomic mass is 10.0. The fraction of sp³-hybridized carbons (Fsp3) is 0.316. The van der Waals surface area contributed by atoms with Crippen molar-refractivity contribution in [3.8, 4) is 0 Å². The van der Waals surface area contributed by atoms with Crippen molar-refractivity contribution >= 4 is 35.1 Å². The van der Waals surface area contributed by atoms with Crippen molar-refractivity contribution in [1.82, 2.24) is 5.32 Å². The van der Waals surface area contributed by atoms with E-state index in [1.165, 1.54) is 6.26 Å². The fourth-order valence-corrected chi connectivity index (χ4v) is 3.46. The largest absolute Gasteiger partial charge is 0.481 e. The average molecular weight is 391 g/mol. The number of piperidine rings is 1. The van der Waals surface area contributed by atoms with Gasteiger partial charge in [0.1, 0.15) is 18.2 Å². The van der Waals surface area contributed by atoms with Crippen molar-refractivity contribution in [2.45, 2.75) is 32.2 Å². The summed E-state index contributed by atoms with van der Waals surface area (Å²) in [6.07, 6.45) is 2.14. The van der Waals surface area contributed by atoms with Crippen LogP contribution >= 0.6 is 11.6 Å². The summed E-state index contributed by atoms with van der Waals surface area (Å²) in [5.74, 6) is -1.79. The van der Waals surface area contributed by atoms with Gasteiger partial charge < -0.3 is 19.7 Å². The molecule has 142 valence electrons. The summed E-state index contributed by atoms with van der Waals surface area (Å²) in [6, 6.07) is 6.33. The maximum absolute atomic E-state index is 12.9. The first kappa shape index (κ1) is 19.0. The quantitative estimate of drug-likeness (QED) is 0.817. The molecule has 0 saturated carbocycles. The minimum atomic E-state index is -1.10. The lowest BCUT2D eigenvalue weighted by Gasteiger charge is -2.33. The monoisotopic (exact) mass is 390 g/mol. The van der Waals surface area contributed by atoms with Gasteiger partial charge >= 0.3 is 5.97 Å². The Kier molecular flexibility index (Phi) is 5.51. The van der Waals surface area contributed by atoms with Crippen LogP contribution in [0, 0.1) is 6.92 Å². The Bertz CT molecular complexity index is 892. The summed E-state index contributed by atoms with van der Waals surface area (Å²) in [5.41, 5.74) is 1.30. The zero-order valence-corrected chi connectivity index (χ0v) is 15.5. The number of nitrogens with one attached hydrogen (secondary N) is 1. The Morgan fingerprint density at radius 2 is 2.11 bits per heavy atom. The van der Waals surface area contributed by atoms with E-state index in [1.807, 2.05) is 0 Å². The van der Waals surface area contributed by atoms with Gasteiger partial charge in [-0.3, -0.25) is 14.4 Å². The summed E-state index contributed by atoms with van der Waals surface area (Å²) >= 11 is 6.20. The first-order valence-electron chi connectivity index (χ1n) is 8.54. The molecular weight excluding hydrogens is 372 g/mol. The second-order valence-electron chi connectivity index (χ2n) is 6.40. The zero-order valence-electron chi connectivity index (χ0n) is 14.7. The van der Waals surface area contributed by atoms with E-state index in [0.29, 0.717) is 35.7 Å². The van der Waals surface area contributed by atoms with E-state index in [1.54, 1.807) is 36.1 Å². The van der Waals surface area contributed by atoms with Crippen LogP contribution in [0.15, 0.2) is 34.9 Å². The molecule has 1 aromatic carbocycles. The molecule has 1 atom stereocenters. The lowest BCUT2D eigenvalue weighted by molar-refractivity contribution is -0.136. The van der Waals surface area contributed by atoms with Crippen LogP contribution in [0.5, 0.6) is 0 Å². The number of rotatable bonds is 5. The molecule has 1 unspecified atom stereocenters. The summed E-state index contributed by atoms with van der Waals surface area (Å²) < 4.78 is 5.20. The molecule has 1 saturated heterocycles. The lowest BCUT2D eigenvalue weighted by Crippen LogP contribution is -2.52. The number of benzene rings is 1. The highest BCUT2D eigenvalue weighted by molar-refractivity contribution is 6.33. The Hall–Kier alpha value is -2.80. The maximum atomic E-state index is 12.9. The third-order valence-corrected chi connectivity index (χ3v) is 4.80. The van der Waals surface area contributed by atoms with Crippen LogP contribution in [0.25, 0.3) is 0 Å². The number of furan rings is 1. The molecule has 27 heavy (non-hydrogen) atoms. The standard InChI is InChI=1S/C19H19ClN2O5/c1-11-10-27-15(9-16(23)24)17(11)18(25)21-13-6-4-8-22(19(13)26)14-7-3-2-5-12(14)20/h2-3,5,7,10,13H,4,6,8-9H2,1H3,(H,21,25)(H,23,24). The minimum absolute atomic E-state index is 0.0729. The second-order valence-corrected chi connectivity index (χ2v) is 6.80. The van der Waals surface area contributed by atoms with Crippen molar-refractivity contribution in [2.75, 3.05) is 11.4 Å². The van der Waals surface area contributed by atoms with Gasteiger partial charge in [0.15, 0.2) is 0 Å². The first-order valence-corrected chi connectivity index (χ1v) is 8.91. The minimum Gasteiger partial charge on any atom is -0.481 e. The number of halogens is 1. The molecule has 2 heterocycles. The molecule has 3 rings (SSSR count). The number of carboxylic acid groups (broad SMARTS) is 1. The molecule has 0 aliphatic carbocycles. The first-order chi connectivity index (χ1) is 12.9. The molecule has 1 aliphatic rings. The number of aryl methyl sites for hydroxylation is 1. The van der Waals surface area contributed by atoms with Crippen molar-refractivity contribution in [3.63, 3.8) is 0 Å². The number of hydrogen-bond acceptors (Lipinski definition) is 4. The van der Waals surface area contributed by atoms with Crippen LogP contribution in [-0.4, -0.2) is 35.5 Å². The summed E-state index contributed by atoms with van der Waals surface area (Å²) in [4.78, 5) is 38.1.